The van der Waals surface area contributed by atoms with Gasteiger partial charge in [0.1, 0.15) is 0 Å². The van der Waals surface area contributed by atoms with Crippen molar-refractivity contribution >= 4 is 84.4 Å². The Hall–Kier alpha value is -4.63. The molecule has 2 fully saturated rings. The predicted molar refractivity (Wildman–Crippen MR) is 269 cm³/mol. The summed E-state index contributed by atoms with van der Waals surface area (Å²) in [6.45, 7) is 5.82. The first-order valence-corrected chi connectivity index (χ1v) is 24.5. The first kappa shape index (κ1) is 45.9. The van der Waals surface area contributed by atoms with Crippen LogP contribution in [0.3, 0.4) is 0 Å². The lowest BCUT2D eigenvalue weighted by Crippen LogP contribution is -2.28. The fourth-order valence-electron chi connectivity index (χ4n) is 6.62. The second-order valence-corrected chi connectivity index (χ2v) is 19.0. The van der Waals surface area contributed by atoms with Gasteiger partial charge in [-0.1, -0.05) is 158 Å². The van der Waals surface area contributed by atoms with Crippen LogP contribution in [-0.2, 0) is 17.4 Å². The highest BCUT2D eigenvalue weighted by Crippen LogP contribution is 2.56. The molecule has 0 bridgehead atoms. The number of halogens is 1. The molecule has 13 heteroatoms. The molecule has 3 N–H and O–H groups in total. The van der Waals surface area contributed by atoms with Crippen molar-refractivity contribution in [3.63, 3.8) is 0 Å². The second-order valence-electron chi connectivity index (χ2n) is 13.9. The van der Waals surface area contributed by atoms with Gasteiger partial charge in [-0.25, -0.2) is 0 Å². The standard InChI is InChI=1S/C24H26N3OPS.C14H14ClN2P.C10H13NOS/c30-24(20-21-10-4-1-5-11-21)25-16-19-28-29-26(22-12-6-2-7-13-22)17-18-27(29)23-14-8-3-9-15-23;15-18-16(13-7-3-1-4-8-13)11-12-17(18)14-9-5-2-6-10-14;12-7-6-11-10(13)8-9-4-2-1-3-5-9/h1-15H,16-20H2,(H,25,30);1-10H,11-12H2;1-5,12H,6-8H2,(H,11,13). The van der Waals surface area contributed by atoms with Crippen LogP contribution in [0.15, 0.2) is 182 Å². The molecular formula is C48H53ClN6O2P2S2. The molecule has 61 heavy (non-hydrogen) atoms. The summed E-state index contributed by atoms with van der Waals surface area (Å²) in [5.41, 5.74) is 7.23. The molecule has 316 valence electrons. The van der Waals surface area contributed by atoms with E-state index in [4.69, 9.17) is 45.3 Å². The minimum atomic E-state index is -0.920. The predicted octanol–water partition coefficient (Wildman–Crippen LogP) is 11.0. The van der Waals surface area contributed by atoms with Gasteiger partial charge in [0.25, 0.3) is 0 Å². The summed E-state index contributed by atoms with van der Waals surface area (Å²) in [6.07, 6.45) is 1.51. The molecule has 0 saturated carbocycles. The zero-order valence-electron chi connectivity index (χ0n) is 34.1. The fourth-order valence-corrected chi connectivity index (χ4v) is 11.5. The van der Waals surface area contributed by atoms with E-state index < -0.39 is 16.0 Å². The smallest absolute Gasteiger partial charge is 0.248 e. The molecule has 8 nitrogen and oxygen atoms in total. The van der Waals surface area contributed by atoms with Crippen molar-refractivity contribution in [3.8, 4) is 0 Å². The van der Waals surface area contributed by atoms with E-state index in [9.17, 15) is 0 Å². The molecule has 6 aromatic rings. The highest BCUT2D eigenvalue weighted by molar-refractivity contribution is 7.86. The largest absolute Gasteiger partial charge is 0.395 e. The summed E-state index contributed by atoms with van der Waals surface area (Å²) >= 11 is 17.2. The highest BCUT2D eigenvalue weighted by atomic mass is 35.7. The molecule has 2 aliphatic rings. The van der Waals surface area contributed by atoms with Gasteiger partial charge in [-0.3, -0.25) is 0 Å². The minimum Gasteiger partial charge on any atom is -0.395 e. The van der Waals surface area contributed by atoms with Crippen LogP contribution in [0.5, 0.6) is 0 Å². The third-order valence-electron chi connectivity index (χ3n) is 9.56. The van der Waals surface area contributed by atoms with E-state index in [1.54, 1.807) is 0 Å². The van der Waals surface area contributed by atoms with E-state index in [-0.39, 0.29) is 6.61 Å². The summed E-state index contributed by atoms with van der Waals surface area (Å²) in [6, 6.07) is 62.1. The van der Waals surface area contributed by atoms with Gasteiger partial charge in [0.05, 0.1) is 23.2 Å². The lowest BCUT2D eigenvalue weighted by atomic mass is 10.1. The minimum absolute atomic E-state index is 0.120. The SMILES string of the molecule is ClP1N(c2ccccc2)CCN1c1ccccc1.OCCNC(=S)Cc1ccccc1.S=C(Cc1ccccc1)NCCOP1N(c2ccccc2)CCN1c1ccccc1. The number of benzene rings is 6. The lowest BCUT2D eigenvalue weighted by Gasteiger charge is -2.30. The number of aliphatic hydroxyl groups excluding tert-OH is 1. The summed E-state index contributed by atoms with van der Waals surface area (Å²) in [4.78, 5) is 1.63. The van der Waals surface area contributed by atoms with Gasteiger partial charge in [-0.15, -0.1) is 0 Å². The van der Waals surface area contributed by atoms with Crippen LogP contribution in [-0.4, -0.2) is 67.6 Å². The zero-order valence-corrected chi connectivity index (χ0v) is 38.3. The van der Waals surface area contributed by atoms with Crippen molar-refractivity contribution in [1.29, 1.82) is 0 Å². The third-order valence-corrected chi connectivity index (χ3v) is 15.0. The number of anilines is 4. The number of rotatable bonds is 14. The van der Waals surface area contributed by atoms with Crippen LogP contribution in [0.2, 0.25) is 0 Å². The van der Waals surface area contributed by atoms with Crippen molar-refractivity contribution in [1.82, 2.24) is 10.6 Å². The summed E-state index contributed by atoms with van der Waals surface area (Å²) < 4.78 is 15.8. The Labute approximate surface area is 379 Å². The second kappa shape index (κ2) is 25.3. The summed E-state index contributed by atoms with van der Waals surface area (Å²) in [5, 5.41) is 14.9. The molecule has 8 rings (SSSR count). The first-order chi connectivity index (χ1) is 30.0. The average molecular weight is 908 g/mol. The maximum absolute atomic E-state index is 8.56. The van der Waals surface area contributed by atoms with Crippen LogP contribution >= 0.6 is 51.7 Å². The van der Waals surface area contributed by atoms with Crippen molar-refractivity contribution in [2.45, 2.75) is 12.8 Å². The molecule has 2 saturated heterocycles. The molecular weight excluding hydrogens is 854 g/mol. The van der Waals surface area contributed by atoms with Crippen LogP contribution in [0.1, 0.15) is 11.1 Å². The number of aliphatic hydroxyl groups is 1. The molecule has 0 spiro atoms. The molecule has 0 aromatic heterocycles. The number of para-hydroxylation sites is 4. The van der Waals surface area contributed by atoms with Gasteiger partial charge in [0.2, 0.25) is 8.45 Å². The maximum Gasteiger partial charge on any atom is 0.248 e. The Kier molecular flexibility index (Phi) is 19.1. The molecule has 0 atom stereocenters. The highest BCUT2D eigenvalue weighted by Gasteiger charge is 2.35. The number of nitrogens with one attached hydrogen (secondary N) is 2. The van der Waals surface area contributed by atoms with Gasteiger partial charge in [0, 0.05) is 74.9 Å². The first-order valence-electron chi connectivity index (χ1n) is 20.4. The Morgan fingerprint density at radius 2 is 0.803 bits per heavy atom. The Balaban J connectivity index is 0.000000170. The zero-order chi connectivity index (χ0) is 42.5. The van der Waals surface area contributed by atoms with E-state index in [2.05, 4.69) is 151 Å². The molecule has 0 amide bonds. The summed E-state index contributed by atoms with van der Waals surface area (Å²) in [7, 11) is -1.73. The average Bonchev–Trinajstić information content (AvgIpc) is 3.93. The molecule has 0 radical (unpaired) electrons. The van der Waals surface area contributed by atoms with Gasteiger partial charge in [0.15, 0.2) is 7.58 Å². The maximum atomic E-state index is 8.56. The quantitative estimate of drug-likeness (QED) is 0.0559. The summed E-state index contributed by atoms with van der Waals surface area (Å²) in [5.74, 6) is 0. The monoisotopic (exact) mass is 906 g/mol. The van der Waals surface area contributed by atoms with E-state index in [1.165, 1.54) is 33.9 Å². The van der Waals surface area contributed by atoms with E-state index in [0.717, 1.165) is 49.0 Å². The van der Waals surface area contributed by atoms with Gasteiger partial charge in [-0.2, -0.15) is 0 Å². The number of hydrogen-bond donors (Lipinski definition) is 3. The van der Waals surface area contributed by atoms with E-state index in [0.29, 0.717) is 19.7 Å². The fraction of sp³-hybridized carbons (Fsp3) is 0.208. The van der Waals surface area contributed by atoms with Crippen molar-refractivity contribution in [2.75, 3.05) is 71.2 Å². The van der Waals surface area contributed by atoms with Crippen molar-refractivity contribution in [3.05, 3.63) is 193 Å². The van der Waals surface area contributed by atoms with Crippen LogP contribution < -0.4 is 29.3 Å². The van der Waals surface area contributed by atoms with E-state index in [1.807, 2.05) is 60.7 Å². The lowest BCUT2D eigenvalue weighted by molar-refractivity contribution is 0.300. The topological polar surface area (TPSA) is 66.5 Å². The van der Waals surface area contributed by atoms with Crippen molar-refractivity contribution < 1.29 is 9.63 Å². The number of thiocarbonyl (C=S) groups is 2. The Morgan fingerprint density at radius 1 is 0.492 bits per heavy atom. The Morgan fingerprint density at radius 3 is 1.16 bits per heavy atom. The number of hydrogen-bond acceptors (Lipinski definition) is 8. The van der Waals surface area contributed by atoms with E-state index >= 15 is 0 Å². The molecule has 0 aliphatic carbocycles. The molecule has 2 heterocycles. The molecule has 2 aliphatic heterocycles. The number of nitrogens with zero attached hydrogens (tertiary/aromatic N) is 4. The van der Waals surface area contributed by atoms with Gasteiger partial charge in [-0.05, 0) is 70.9 Å². The van der Waals surface area contributed by atoms with Gasteiger partial charge < -0.3 is 38.9 Å². The van der Waals surface area contributed by atoms with Crippen LogP contribution in [0, 0.1) is 0 Å². The molecule has 6 aromatic carbocycles. The Bertz CT molecular complexity index is 2060. The third kappa shape index (κ3) is 14.5. The molecule has 0 unspecified atom stereocenters. The van der Waals surface area contributed by atoms with Gasteiger partial charge >= 0.3 is 0 Å². The van der Waals surface area contributed by atoms with Crippen LogP contribution in [0.4, 0.5) is 22.7 Å². The van der Waals surface area contributed by atoms with Crippen LogP contribution in [0.25, 0.3) is 0 Å². The van der Waals surface area contributed by atoms with Crippen molar-refractivity contribution in [2.24, 2.45) is 0 Å². The normalized spacial score (nSPS) is 13.8.